The van der Waals surface area contributed by atoms with Crippen molar-refractivity contribution in [1.82, 2.24) is 9.97 Å². The molecule has 0 radical (unpaired) electrons. The Balaban J connectivity index is 2.28. The molecule has 2 rings (SSSR count). The van der Waals surface area contributed by atoms with Crippen LogP contribution in [0.4, 0.5) is 0 Å². The first-order chi connectivity index (χ1) is 10.2. The fourth-order valence-electron chi connectivity index (χ4n) is 1.65. The lowest BCUT2D eigenvalue weighted by molar-refractivity contribution is 0.253. The molecular weight excluding hydrogens is 264 g/mol. The summed E-state index contributed by atoms with van der Waals surface area (Å²) in [7, 11) is 0. The SMILES string of the molecule is C=CCOc1cccc(-c2ccnc(C#CC(C)O)n2)c1. The highest BCUT2D eigenvalue weighted by Crippen LogP contribution is 2.22. The van der Waals surface area contributed by atoms with Crippen LogP contribution in [0.2, 0.25) is 0 Å². The molecule has 1 aromatic heterocycles. The van der Waals surface area contributed by atoms with Gasteiger partial charge in [0.1, 0.15) is 18.5 Å². The van der Waals surface area contributed by atoms with Crippen LogP contribution in [-0.2, 0) is 0 Å². The summed E-state index contributed by atoms with van der Waals surface area (Å²) >= 11 is 0. The van der Waals surface area contributed by atoms with Gasteiger partial charge >= 0.3 is 0 Å². The molecule has 0 saturated heterocycles. The first-order valence-corrected chi connectivity index (χ1v) is 6.56. The number of hydrogen-bond acceptors (Lipinski definition) is 4. The third-order valence-corrected chi connectivity index (χ3v) is 2.55. The van der Waals surface area contributed by atoms with Gasteiger partial charge in [-0.05, 0) is 31.0 Å². The summed E-state index contributed by atoms with van der Waals surface area (Å²) in [5, 5.41) is 9.17. The third kappa shape index (κ3) is 4.44. The third-order valence-electron chi connectivity index (χ3n) is 2.55. The highest BCUT2D eigenvalue weighted by molar-refractivity contribution is 5.61. The highest BCUT2D eigenvalue weighted by Gasteiger charge is 2.03. The van der Waals surface area contributed by atoms with Crippen molar-refractivity contribution in [2.24, 2.45) is 0 Å². The number of benzene rings is 1. The molecule has 21 heavy (non-hydrogen) atoms. The Morgan fingerprint density at radius 1 is 1.43 bits per heavy atom. The predicted molar refractivity (Wildman–Crippen MR) is 81.7 cm³/mol. The van der Waals surface area contributed by atoms with E-state index in [9.17, 15) is 0 Å². The van der Waals surface area contributed by atoms with E-state index >= 15 is 0 Å². The second-order valence-electron chi connectivity index (χ2n) is 4.34. The summed E-state index contributed by atoms with van der Waals surface area (Å²) < 4.78 is 5.50. The molecule has 0 amide bonds. The normalized spacial score (nSPS) is 11.1. The zero-order valence-corrected chi connectivity index (χ0v) is 11.8. The number of aromatic nitrogens is 2. The van der Waals surface area contributed by atoms with Crippen molar-refractivity contribution in [1.29, 1.82) is 0 Å². The molecule has 0 bridgehead atoms. The van der Waals surface area contributed by atoms with E-state index in [1.54, 1.807) is 25.3 Å². The van der Waals surface area contributed by atoms with Crippen LogP contribution in [0.5, 0.6) is 5.75 Å². The van der Waals surface area contributed by atoms with Crippen LogP contribution in [-0.4, -0.2) is 27.8 Å². The van der Waals surface area contributed by atoms with E-state index in [1.807, 2.05) is 24.3 Å². The lowest BCUT2D eigenvalue weighted by Gasteiger charge is -2.06. The van der Waals surface area contributed by atoms with Crippen LogP contribution >= 0.6 is 0 Å². The molecule has 0 aliphatic heterocycles. The van der Waals surface area contributed by atoms with Gasteiger partial charge in [-0.1, -0.05) is 30.7 Å². The predicted octanol–water partition coefficient (Wildman–Crippen LogP) is 2.44. The lowest BCUT2D eigenvalue weighted by atomic mass is 10.1. The Kier molecular flexibility index (Phi) is 5.08. The summed E-state index contributed by atoms with van der Waals surface area (Å²) in [6.07, 6.45) is 2.64. The monoisotopic (exact) mass is 280 g/mol. The lowest BCUT2D eigenvalue weighted by Crippen LogP contribution is -1.96. The second-order valence-corrected chi connectivity index (χ2v) is 4.34. The minimum Gasteiger partial charge on any atom is -0.490 e. The molecule has 0 saturated carbocycles. The van der Waals surface area contributed by atoms with Crippen molar-refractivity contribution in [2.45, 2.75) is 13.0 Å². The van der Waals surface area contributed by atoms with E-state index in [1.165, 1.54) is 0 Å². The second kappa shape index (κ2) is 7.22. The maximum Gasteiger partial charge on any atom is 0.205 e. The Hall–Kier alpha value is -2.64. The molecular formula is C17H16N2O2. The van der Waals surface area contributed by atoms with Gasteiger partial charge in [0.2, 0.25) is 5.82 Å². The Bertz CT molecular complexity index is 684. The molecule has 0 aliphatic rings. The standard InChI is InChI=1S/C17H16N2O2/c1-3-11-21-15-6-4-5-14(12-15)16-9-10-18-17(19-16)8-7-13(2)20/h3-6,9-10,12-13,20H,1,11H2,2H3. The van der Waals surface area contributed by atoms with E-state index < -0.39 is 6.10 Å². The summed E-state index contributed by atoms with van der Waals surface area (Å²) in [5.41, 5.74) is 1.67. The molecule has 4 heteroatoms. The molecule has 0 spiro atoms. The van der Waals surface area contributed by atoms with Crippen LogP contribution in [0.15, 0.2) is 49.2 Å². The van der Waals surface area contributed by atoms with Gasteiger partial charge < -0.3 is 9.84 Å². The molecule has 1 heterocycles. The number of nitrogens with zero attached hydrogens (tertiary/aromatic N) is 2. The topological polar surface area (TPSA) is 55.2 Å². The van der Waals surface area contributed by atoms with Gasteiger partial charge in [-0.2, -0.15) is 0 Å². The van der Waals surface area contributed by atoms with Crippen molar-refractivity contribution < 1.29 is 9.84 Å². The molecule has 2 aromatic rings. The van der Waals surface area contributed by atoms with Gasteiger partial charge in [0.15, 0.2) is 0 Å². The minimum absolute atomic E-state index is 0.380. The average Bonchev–Trinajstić information content (AvgIpc) is 2.51. The van der Waals surface area contributed by atoms with Crippen LogP contribution in [0.25, 0.3) is 11.3 Å². The van der Waals surface area contributed by atoms with E-state index in [-0.39, 0.29) is 0 Å². The minimum atomic E-state index is -0.701. The van der Waals surface area contributed by atoms with Gasteiger partial charge in [0.25, 0.3) is 0 Å². The van der Waals surface area contributed by atoms with Crippen LogP contribution in [0, 0.1) is 11.8 Å². The van der Waals surface area contributed by atoms with Gasteiger partial charge in [-0.15, -0.1) is 0 Å². The van der Waals surface area contributed by atoms with Crippen LogP contribution in [0.3, 0.4) is 0 Å². The molecule has 1 aromatic carbocycles. The van der Waals surface area contributed by atoms with E-state index in [2.05, 4.69) is 28.4 Å². The molecule has 1 atom stereocenters. The van der Waals surface area contributed by atoms with Crippen molar-refractivity contribution >= 4 is 0 Å². The van der Waals surface area contributed by atoms with Gasteiger partial charge in [-0.25, -0.2) is 9.97 Å². The number of aliphatic hydroxyl groups excluding tert-OH is 1. The first kappa shape index (κ1) is 14.8. The van der Waals surface area contributed by atoms with Crippen molar-refractivity contribution in [3.8, 4) is 28.8 Å². The summed E-state index contributed by atoms with van der Waals surface area (Å²) in [5.74, 6) is 6.49. The smallest absolute Gasteiger partial charge is 0.205 e. The summed E-state index contributed by atoms with van der Waals surface area (Å²) in [6, 6.07) is 9.42. The Labute approximate surface area is 124 Å². The average molecular weight is 280 g/mol. The molecule has 1 N–H and O–H groups in total. The molecule has 4 nitrogen and oxygen atoms in total. The first-order valence-electron chi connectivity index (χ1n) is 6.56. The molecule has 106 valence electrons. The quantitative estimate of drug-likeness (QED) is 0.690. The van der Waals surface area contributed by atoms with Crippen molar-refractivity contribution in [2.75, 3.05) is 6.61 Å². The Morgan fingerprint density at radius 3 is 3.05 bits per heavy atom. The van der Waals surface area contributed by atoms with E-state index in [0.29, 0.717) is 12.4 Å². The van der Waals surface area contributed by atoms with Gasteiger partial charge in [0, 0.05) is 11.8 Å². The fourth-order valence-corrected chi connectivity index (χ4v) is 1.65. The fraction of sp³-hybridized carbons (Fsp3) is 0.176. The molecule has 1 unspecified atom stereocenters. The highest BCUT2D eigenvalue weighted by atomic mass is 16.5. The maximum absolute atomic E-state index is 9.17. The zero-order chi connectivity index (χ0) is 15.1. The number of hydrogen-bond donors (Lipinski definition) is 1. The number of aliphatic hydroxyl groups is 1. The van der Waals surface area contributed by atoms with Crippen molar-refractivity contribution in [3.63, 3.8) is 0 Å². The molecule has 0 aliphatic carbocycles. The van der Waals surface area contributed by atoms with E-state index in [4.69, 9.17) is 9.84 Å². The number of ether oxygens (including phenoxy) is 1. The number of rotatable bonds is 4. The largest absolute Gasteiger partial charge is 0.490 e. The summed E-state index contributed by atoms with van der Waals surface area (Å²) in [6.45, 7) is 5.67. The zero-order valence-electron chi connectivity index (χ0n) is 11.8. The van der Waals surface area contributed by atoms with Crippen molar-refractivity contribution in [3.05, 3.63) is 55.0 Å². The van der Waals surface area contributed by atoms with Gasteiger partial charge in [-0.3, -0.25) is 0 Å². The van der Waals surface area contributed by atoms with Crippen LogP contribution in [0.1, 0.15) is 12.7 Å². The summed E-state index contributed by atoms with van der Waals surface area (Å²) in [4.78, 5) is 8.43. The Morgan fingerprint density at radius 2 is 2.29 bits per heavy atom. The molecule has 0 fully saturated rings. The van der Waals surface area contributed by atoms with E-state index in [0.717, 1.165) is 17.0 Å². The van der Waals surface area contributed by atoms with Gasteiger partial charge in [0.05, 0.1) is 5.69 Å². The maximum atomic E-state index is 9.17. The van der Waals surface area contributed by atoms with Crippen LogP contribution < -0.4 is 4.74 Å².